The van der Waals surface area contributed by atoms with Crippen LogP contribution in [0.1, 0.15) is 0 Å². The van der Waals surface area contributed by atoms with E-state index < -0.39 is 23.0 Å². The minimum Gasteiger partial charge on any atom is -0.383 e. The molecule has 1 aromatic heterocycles. The lowest BCUT2D eigenvalue weighted by Crippen LogP contribution is -2.01. The van der Waals surface area contributed by atoms with E-state index in [2.05, 4.69) is 21.0 Å². The minimum atomic E-state index is -1.29. The number of aromatic nitrogens is 2. The number of hydrogen-bond acceptors (Lipinski definition) is 2. The van der Waals surface area contributed by atoms with Crippen molar-refractivity contribution in [3.05, 3.63) is 34.2 Å². The maximum atomic E-state index is 13.8. The molecular formula is C10H7BrF3N3. The van der Waals surface area contributed by atoms with Crippen LogP contribution >= 0.6 is 15.9 Å². The van der Waals surface area contributed by atoms with Gasteiger partial charge in [0.2, 0.25) is 0 Å². The normalized spacial score (nSPS) is 10.9. The van der Waals surface area contributed by atoms with Gasteiger partial charge < -0.3 is 5.73 Å². The van der Waals surface area contributed by atoms with Gasteiger partial charge in [-0.15, -0.1) is 0 Å². The summed E-state index contributed by atoms with van der Waals surface area (Å²) in [6.45, 7) is 0. The molecule has 7 heteroatoms. The summed E-state index contributed by atoms with van der Waals surface area (Å²) in [5, 5.41) is 3.75. The van der Waals surface area contributed by atoms with Crippen LogP contribution in [0.2, 0.25) is 0 Å². The van der Waals surface area contributed by atoms with Gasteiger partial charge in [-0.05, 0) is 22.0 Å². The molecule has 2 rings (SSSR count). The number of anilines is 1. The predicted molar refractivity (Wildman–Crippen MR) is 60.6 cm³/mol. The highest BCUT2D eigenvalue weighted by atomic mass is 79.9. The molecule has 0 aliphatic heterocycles. The van der Waals surface area contributed by atoms with E-state index in [0.717, 1.165) is 6.07 Å². The second-order valence-electron chi connectivity index (χ2n) is 3.41. The van der Waals surface area contributed by atoms with Crippen LogP contribution in [0.15, 0.2) is 16.7 Å². The van der Waals surface area contributed by atoms with E-state index >= 15 is 0 Å². The zero-order valence-electron chi connectivity index (χ0n) is 8.64. The first-order chi connectivity index (χ1) is 7.93. The van der Waals surface area contributed by atoms with Crippen LogP contribution in [0.25, 0.3) is 11.1 Å². The Morgan fingerprint density at radius 2 is 1.94 bits per heavy atom. The van der Waals surface area contributed by atoms with E-state index in [-0.39, 0.29) is 15.9 Å². The van der Waals surface area contributed by atoms with Crippen LogP contribution in [0, 0.1) is 17.5 Å². The average molecular weight is 306 g/mol. The van der Waals surface area contributed by atoms with E-state index in [4.69, 9.17) is 5.73 Å². The highest BCUT2D eigenvalue weighted by Crippen LogP contribution is 2.34. The van der Waals surface area contributed by atoms with Gasteiger partial charge in [-0.1, -0.05) is 0 Å². The van der Waals surface area contributed by atoms with Crippen molar-refractivity contribution in [2.24, 2.45) is 7.05 Å². The largest absolute Gasteiger partial charge is 0.383 e. The number of aryl methyl sites for hydroxylation is 1. The topological polar surface area (TPSA) is 43.8 Å². The lowest BCUT2D eigenvalue weighted by Gasteiger charge is -2.07. The molecule has 0 unspecified atom stereocenters. The molecular weight excluding hydrogens is 299 g/mol. The lowest BCUT2D eigenvalue weighted by molar-refractivity contribution is 0.497. The molecule has 1 aromatic carbocycles. The second kappa shape index (κ2) is 4.06. The number of hydrogen-bond donors (Lipinski definition) is 1. The van der Waals surface area contributed by atoms with Crippen molar-refractivity contribution < 1.29 is 13.2 Å². The number of nitrogen functional groups attached to an aromatic ring is 1. The van der Waals surface area contributed by atoms with Crippen molar-refractivity contribution in [1.82, 2.24) is 9.78 Å². The van der Waals surface area contributed by atoms with Gasteiger partial charge in [0.05, 0.1) is 16.2 Å². The van der Waals surface area contributed by atoms with Gasteiger partial charge in [0.1, 0.15) is 11.6 Å². The summed E-state index contributed by atoms with van der Waals surface area (Å²) in [5.41, 5.74) is 5.09. The Kier molecular flexibility index (Phi) is 2.86. The van der Waals surface area contributed by atoms with Gasteiger partial charge >= 0.3 is 0 Å². The molecule has 0 aliphatic rings. The first-order valence-corrected chi connectivity index (χ1v) is 5.33. The molecule has 0 spiro atoms. The fraction of sp³-hybridized carbons (Fsp3) is 0.100. The summed E-state index contributed by atoms with van der Waals surface area (Å²) < 4.78 is 41.6. The minimum absolute atomic E-state index is 0.0164. The number of benzene rings is 1. The van der Waals surface area contributed by atoms with Crippen molar-refractivity contribution in [2.45, 2.75) is 0 Å². The Labute approximate surface area is 103 Å². The third kappa shape index (κ3) is 1.80. The Morgan fingerprint density at radius 3 is 2.47 bits per heavy atom. The van der Waals surface area contributed by atoms with Gasteiger partial charge in [0, 0.05) is 12.6 Å². The molecule has 0 saturated heterocycles. The van der Waals surface area contributed by atoms with Crippen molar-refractivity contribution >= 4 is 21.7 Å². The second-order valence-corrected chi connectivity index (χ2v) is 4.26. The van der Waals surface area contributed by atoms with Crippen molar-refractivity contribution in [1.29, 1.82) is 0 Å². The van der Waals surface area contributed by atoms with Crippen molar-refractivity contribution in [2.75, 3.05) is 5.73 Å². The molecule has 0 atom stereocenters. The Balaban J connectivity index is 2.79. The summed E-state index contributed by atoms with van der Waals surface area (Å²) in [7, 11) is 1.52. The molecule has 90 valence electrons. The molecule has 3 nitrogen and oxygen atoms in total. The predicted octanol–water partition coefficient (Wildman–Crippen LogP) is 2.85. The maximum Gasteiger partial charge on any atom is 0.169 e. The standard InChI is InChI=1S/C10H7BrF3N3/c1-17-10(15)4(3-16-17)7-8(13)5(11)2-6(12)9(7)14/h2-3H,15H2,1H3. The Bertz CT molecular complexity index is 569. The SMILES string of the molecule is Cn1ncc(-c2c(F)c(F)cc(Br)c2F)c1N. The first kappa shape index (κ1) is 12.0. The molecule has 0 radical (unpaired) electrons. The van der Waals surface area contributed by atoms with E-state index in [1.54, 1.807) is 0 Å². The average Bonchev–Trinajstić information content (AvgIpc) is 2.59. The van der Waals surface area contributed by atoms with Crippen LogP contribution in [0.5, 0.6) is 0 Å². The smallest absolute Gasteiger partial charge is 0.169 e. The Morgan fingerprint density at radius 1 is 1.29 bits per heavy atom. The molecule has 17 heavy (non-hydrogen) atoms. The molecule has 0 saturated carbocycles. The zero-order valence-corrected chi connectivity index (χ0v) is 10.2. The third-order valence-electron chi connectivity index (χ3n) is 2.37. The van der Waals surface area contributed by atoms with Gasteiger partial charge in [0.15, 0.2) is 11.6 Å². The van der Waals surface area contributed by atoms with Gasteiger partial charge in [-0.3, -0.25) is 4.68 Å². The summed E-state index contributed by atoms with van der Waals surface area (Å²) in [6, 6.07) is 0.723. The molecule has 2 aromatic rings. The first-order valence-electron chi connectivity index (χ1n) is 4.54. The third-order valence-corrected chi connectivity index (χ3v) is 2.94. The van der Waals surface area contributed by atoms with Crippen LogP contribution in [-0.4, -0.2) is 9.78 Å². The molecule has 2 N–H and O–H groups in total. The summed E-state index contributed by atoms with van der Waals surface area (Å²) in [4.78, 5) is 0. The van der Waals surface area contributed by atoms with E-state index in [0.29, 0.717) is 0 Å². The van der Waals surface area contributed by atoms with Crippen LogP contribution in [0.3, 0.4) is 0 Å². The quantitative estimate of drug-likeness (QED) is 0.823. The van der Waals surface area contributed by atoms with E-state index in [1.807, 2.05) is 0 Å². The van der Waals surface area contributed by atoms with Gasteiger partial charge in [-0.25, -0.2) is 13.2 Å². The maximum absolute atomic E-state index is 13.8. The molecule has 0 aliphatic carbocycles. The molecule has 0 amide bonds. The van der Waals surface area contributed by atoms with Gasteiger partial charge in [0.25, 0.3) is 0 Å². The molecule has 1 heterocycles. The number of nitrogens with two attached hydrogens (primary N) is 1. The fourth-order valence-corrected chi connectivity index (χ4v) is 1.85. The molecule has 0 fully saturated rings. The zero-order chi connectivity index (χ0) is 12.7. The number of rotatable bonds is 1. The van der Waals surface area contributed by atoms with Crippen molar-refractivity contribution in [3.8, 4) is 11.1 Å². The van der Waals surface area contributed by atoms with E-state index in [9.17, 15) is 13.2 Å². The summed E-state index contributed by atoms with van der Waals surface area (Å²) in [5.74, 6) is -3.30. The van der Waals surface area contributed by atoms with E-state index in [1.165, 1.54) is 17.9 Å². The van der Waals surface area contributed by atoms with Crippen LogP contribution in [-0.2, 0) is 7.05 Å². The lowest BCUT2D eigenvalue weighted by atomic mass is 10.1. The molecule has 0 bridgehead atoms. The highest BCUT2D eigenvalue weighted by Gasteiger charge is 2.22. The number of halogens is 4. The Hall–Kier alpha value is -1.50. The van der Waals surface area contributed by atoms with Gasteiger partial charge in [-0.2, -0.15) is 5.10 Å². The van der Waals surface area contributed by atoms with Crippen LogP contribution in [0.4, 0.5) is 19.0 Å². The van der Waals surface area contributed by atoms with Crippen molar-refractivity contribution in [3.63, 3.8) is 0 Å². The monoisotopic (exact) mass is 305 g/mol. The highest BCUT2D eigenvalue weighted by molar-refractivity contribution is 9.10. The van der Waals surface area contributed by atoms with Crippen LogP contribution < -0.4 is 5.73 Å². The fourth-order valence-electron chi connectivity index (χ4n) is 1.45. The summed E-state index contributed by atoms with van der Waals surface area (Å²) in [6.07, 6.45) is 1.18. The summed E-state index contributed by atoms with van der Waals surface area (Å²) >= 11 is 2.81. The number of nitrogens with zero attached hydrogens (tertiary/aromatic N) is 2.